The van der Waals surface area contributed by atoms with E-state index in [0.29, 0.717) is 0 Å². The standard InChI is InChI=1S/C11H21NO2/c1-11(13)3-5-12(6-4-11)8-10-2-7-14-9-10/h10,13H,2-9H2,1H3. The number of hydrogen-bond acceptors (Lipinski definition) is 3. The maximum atomic E-state index is 9.80. The molecule has 3 nitrogen and oxygen atoms in total. The Labute approximate surface area is 86.0 Å². The largest absolute Gasteiger partial charge is 0.390 e. The topological polar surface area (TPSA) is 32.7 Å². The van der Waals surface area contributed by atoms with Crippen LogP contribution in [0.1, 0.15) is 26.2 Å². The van der Waals surface area contributed by atoms with Gasteiger partial charge in [-0.05, 0) is 32.1 Å². The third-order valence-electron chi connectivity index (χ3n) is 3.47. The predicted octanol–water partition coefficient (Wildman–Crippen LogP) is 0.870. The van der Waals surface area contributed by atoms with Gasteiger partial charge >= 0.3 is 0 Å². The second kappa shape index (κ2) is 4.17. The quantitative estimate of drug-likeness (QED) is 0.716. The van der Waals surface area contributed by atoms with Gasteiger partial charge in [0.2, 0.25) is 0 Å². The molecule has 1 atom stereocenters. The maximum absolute atomic E-state index is 9.80. The van der Waals surface area contributed by atoms with Crippen molar-refractivity contribution in [2.75, 3.05) is 32.8 Å². The molecule has 2 rings (SSSR count). The van der Waals surface area contributed by atoms with Gasteiger partial charge in [0.1, 0.15) is 0 Å². The minimum absolute atomic E-state index is 0.414. The van der Waals surface area contributed by atoms with Gasteiger partial charge in [-0.1, -0.05) is 0 Å². The Morgan fingerprint density at radius 2 is 2.14 bits per heavy atom. The second-order valence-corrected chi connectivity index (χ2v) is 5.03. The lowest BCUT2D eigenvalue weighted by molar-refractivity contribution is -0.00896. The zero-order valence-corrected chi connectivity index (χ0v) is 9.04. The predicted molar refractivity (Wildman–Crippen MR) is 55.2 cm³/mol. The van der Waals surface area contributed by atoms with Gasteiger partial charge in [-0.3, -0.25) is 0 Å². The van der Waals surface area contributed by atoms with Crippen molar-refractivity contribution in [1.29, 1.82) is 0 Å². The molecule has 2 aliphatic heterocycles. The number of rotatable bonds is 2. The molecule has 3 heteroatoms. The summed E-state index contributed by atoms with van der Waals surface area (Å²) in [5, 5.41) is 9.80. The molecular formula is C11H21NO2. The van der Waals surface area contributed by atoms with Crippen LogP contribution in [0, 0.1) is 5.92 Å². The van der Waals surface area contributed by atoms with Gasteiger partial charge in [0.25, 0.3) is 0 Å². The first-order chi connectivity index (χ1) is 6.66. The fourth-order valence-electron chi connectivity index (χ4n) is 2.31. The molecule has 82 valence electrons. The summed E-state index contributed by atoms with van der Waals surface area (Å²) in [5.74, 6) is 0.734. The smallest absolute Gasteiger partial charge is 0.0644 e. The molecule has 1 N–H and O–H groups in total. The molecule has 0 saturated carbocycles. The maximum Gasteiger partial charge on any atom is 0.0644 e. The summed E-state index contributed by atoms with van der Waals surface area (Å²) >= 11 is 0. The van der Waals surface area contributed by atoms with E-state index in [2.05, 4.69) is 4.90 Å². The van der Waals surface area contributed by atoms with Crippen LogP contribution in [-0.4, -0.2) is 48.5 Å². The molecule has 0 spiro atoms. The molecule has 0 radical (unpaired) electrons. The first-order valence-corrected chi connectivity index (χ1v) is 5.68. The highest BCUT2D eigenvalue weighted by atomic mass is 16.5. The summed E-state index contributed by atoms with van der Waals surface area (Å²) in [5.41, 5.74) is -0.414. The first kappa shape index (κ1) is 10.4. The van der Waals surface area contributed by atoms with Crippen molar-refractivity contribution in [2.45, 2.75) is 31.8 Å². The van der Waals surface area contributed by atoms with Crippen LogP contribution in [0.2, 0.25) is 0 Å². The van der Waals surface area contributed by atoms with Gasteiger partial charge in [-0.25, -0.2) is 0 Å². The van der Waals surface area contributed by atoms with E-state index in [9.17, 15) is 5.11 Å². The van der Waals surface area contributed by atoms with Crippen LogP contribution >= 0.6 is 0 Å². The Balaban J connectivity index is 1.72. The Morgan fingerprint density at radius 3 is 2.71 bits per heavy atom. The molecule has 0 bridgehead atoms. The van der Waals surface area contributed by atoms with Gasteiger partial charge in [-0.15, -0.1) is 0 Å². The molecule has 0 aliphatic carbocycles. The van der Waals surface area contributed by atoms with Crippen LogP contribution in [0.3, 0.4) is 0 Å². The van der Waals surface area contributed by atoms with Crippen LogP contribution in [-0.2, 0) is 4.74 Å². The molecule has 0 aromatic rings. The molecule has 1 unspecified atom stereocenters. The molecule has 2 saturated heterocycles. The van der Waals surface area contributed by atoms with Crippen molar-refractivity contribution in [2.24, 2.45) is 5.92 Å². The molecular weight excluding hydrogens is 178 g/mol. The average Bonchev–Trinajstić information content (AvgIpc) is 2.61. The SMILES string of the molecule is CC1(O)CCN(CC2CCOC2)CC1. The molecule has 0 aromatic heterocycles. The number of nitrogens with zero attached hydrogens (tertiary/aromatic N) is 1. The van der Waals surface area contributed by atoms with Crippen molar-refractivity contribution in [1.82, 2.24) is 4.90 Å². The lowest BCUT2D eigenvalue weighted by Crippen LogP contribution is -2.44. The Morgan fingerprint density at radius 1 is 1.43 bits per heavy atom. The number of piperidine rings is 1. The summed E-state index contributed by atoms with van der Waals surface area (Å²) < 4.78 is 5.36. The number of ether oxygens (including phenoxy) is 1. The van der Waals surface area contributed by atoms with Crippen LogP contribution in [0.25, 0.3) is 0 Å². The van der Waals surface area contributed by atoms with Gasteiger partial charge in [0, 0.05) is 26.2 Å². The van der Waals surface area contributed by atoms with Crippen molar-refractivity contribution >= 4 is 0 Å². The third-order valence-corrected chi connectivity index (χ3v) is 3.47. The van der Waals surface area contributed by atoms with E-state index in [0.717, 1.165) is 51.6 Å². The van der Waals surface area contributed by atoms with Crippen molar-refractivity contribution < 1.29 is 9.84 Å². The van der Waals surface area contributed by atoms with E-state index in [-0.39, 0.29) is 0 Å². The fraction of sp³-hybridized carbons (Fsp3) is 1.00. The molecule has 14 heavy (non-hydrogen) atoms. The molecule has 2 heterocycles. The van der Waals surface area contributed by atoms with E-state index in [1.807, 2.05) is 6.92 Å². The Bertz CT molecular complexity index is 178. The van der Waals surface area contributed by atoms with Gasteiger partial charge in [0.15, 0.2) is 0 Å². The Kier molecular flexibility index (Phi) is 3.10. The van der Waals surface area contributed by atoms with Crippen LogP contribution in [0.4, 0.5) is 0 Å². The first-order valence-electron chi connectivity index (χ1n) is 5.68. The number of aliphatic hydroxyl groups is 1. The minimum Gasteiger partial charge on any atom is -0.390 e. The number of likely N-dealkylation sites (tertiary alicyclic amines) is 1. The zero-order valence-electron chi connectivity index (χ0n) is 9.04. The summed E-state index contributed by atoms with van der Waals surface area (Å²) in [6.45, 7) is 7.08. The van der Waals surface area contributed by atoms with Crippen molar-refractivity contribution in [3.05, 3.63) is 0 Å². The highest BCUT2D eigenvalue weighted by Crippen LogP contribution is 2.23. The van der Waals surface area contributed by atoms with E-state index < -0.39 is 5.60 Å². The van der Waals surface area contributed by atoms with Crippen LogP contribution < -0.4 is 0 Å². The van der Waals surface area contributed by atoms with Crippen molar-refractivity contribution in [3.63, 3.8) is 0 Å². The molecule has 2 fully saturated rings. The monoisotopic (exact) mass is 199 g/mol. The summed E-state index contributed by atoms with van der Waals surface area (Å²) in [4.78, 5) is 2.47. The van der Waals surface area contributed by atoms with E-state index in [4.69, 9.17) is 4.74 Å². The van der Waals surface area contributed by atoms with Gasteiger partial charge in [-0.2, -0.15) is 0 Å². The normalized spacial score (nSPS) is 33.4. The number of hydrogen-bond donors (Lipinski definition) is 1. The van der Waals surface area contributed by atoms with Crippen LogP contribution in [0.5, 0.6) is 0 Å². The summed E-state index contributed by atoms with van der Waals surface area (Å²) in [6, 6.07) is 0. The van der Waals surface area contributed by atoms with Crippen LogP contribution in [0.15, 0.2) is 0 Å². The van der Waals surface area contributed by atoms with E-state index in [1.54, 1.807) is 0 Å². The van der Waals surface area contributed by atoms with Gasteiger partial charge in [0.05, 0.1) is 12.2 Å². The molecule has 0 amide bonds. The van der Waals surface area contributed by atoms with E-state index >= 15 is 0 Å². The van der Waals surface area contributed by atoms with E-state index in [1.165, 1.54) is 6.42 Å². The lowest BCUT2D eigenvalue weighted by atomic mass is 9.93. The van der Waals surface area contributed by atoms with Crippen molar-refractivity contribution in [3.8, 4) is 0 Å². The minimum atomic E-state index is -0.414. The molecule has 2 aliphatic rings. The van der Waals surface area contributed by atoms with Gasteiger partial charge < -0.3 is 14.7 Å². The Hall–Kier alpha value is -0.120. The summed E-state index contributed by atoms with van der Waals surface area (Å²) in [7, 11) is 0. The highest BCUT2D eigenvalue weighted by molar-refractivity contribution is 4.82. The lowest BCUT2D eigenvalue weighted by Gasteiger charge is -2.36. The molecule has 0 aromatic carbocycles. The third kappa shape index (κ3) is 2.69. The second-order valence-electron chi connectivity index (χ2n) is 5.03. The summed E-state index contributed by atoms with van der Waals surface area (Å²) in [6.07, 6.45) is 3.05. The fourth-order valence-corrected chi connectivity index (χ4v) is 2.31. The highest BCUT2D eigenvalue weighted by Gasteiger charge is 2.28. The zero-order chi connectivity index (χ0) is 10.0. The average molecular weight is 199 g/mol.